The Labute approximate surface area is 143 Å². The summed E-state index contributed by atoms with van der Waals surface area (Å²) in [5, 5.41) is 0. The van der Waals surface area contributed by atoms with Crippen LogP contribution in [0.25, 0.3) is 0 Å². The second kappa shape index (κ2) is 8.81. The van der Waals surface area contributed by atoms with Crippen molar-refractivity contribution in [3.63, 3.8) is 0 Å². The molecule has 0 aliphatic heterocycles. The van der Waals surface area contributed by atoms with E-state index in [0.29, 0.717) is 0 Å². The fraction of sp³-hybridized carbons (Fsp3) is 1.00. The van der Waals surface area contributed by atoms with Gasteiger partial charge >= 0.3 is 143 Å². The van der Waals surface area contributed by atoms with Crippen molar-refractivity contribution in [1.29, 1.82) is 0 Å². The monoisotopic (exact) mass is 350 g/mol. The Morgan fingerprint density at radius 3 is 0.818 bits per heavy atom. The Bertz CT molecular complexity index is 259. The van der Waals surface area contributed by atoms with Crippen LogP contribution in [0.5, 0.6) is 0 Å². The molecule has 2 heteroatoms. The summed E-state index contributed by atoms with van der Waals surface area (Å²) in [6, 6.07) is 0. The summed E-state index contributed by atoms with van der Waals surface area (Å²) in [5.74, 6) is 0. The summed E-state index contributed by atoms with van der Waals surface area (Å²) in [4.78, 5) is 0. The van der Waals surface area contributed by atoms with Crippen LogP contribution in [0.1, 0.15) is 79.1 Å². The SMILES string of the molecule is CCCCP(CCCC)(CCCC)(CCCC)P(C)(C)(C)C. The van der Waals surface area contributed by atoms with Gasteiger partial charge < -0.3 is 0 Å². The molecule has 0 saturated carbocycles. The van der Waals surface area contributed by atoms with E-state index in [1.54, 1.807) is 24.6 Å². The average Bonchev–Trinajstić information content (AvgIpc) is 2.44. The van der Waals surface area contributed by atoms with Crippen molar-refractivity contribution in [3.05, 3.63) is 0 Å². The molecule has 0 amide bonds. The average molecular weight is 351 g/mol. The Morgan fingerprint density at radius 2 is 0.682 bits per heavy atom. The number of rotatable bonds is 13. The first-order valence-corrected chi connectivity index (χ1v) is 17.8. The van der Waals surface area contributed by atoms with Gasteiger partial charge in [-0.05, 0) is 0 Å². The number of unbranched alkanes of at least 4 members (excludes halogenated alkanes) is 4. The van der Waals surface area contributed by atoms with Gasteiger partial charge in [-0.15, -0.1) is 0 Å². The van der Waals surface area contributed by atoms with Gasteiger partial charge in [0.15, 0.2) is 0 Å². The number of hydrogen-bond donors (Lipinski definition) is 0. The zero-order valence-corrected chi connectivity index (χ0v) is 19.2. The molecule has 0 aliphatic carbocycles. The van der Waals surface area contributed by atoms with Gasteiger partial charge in [0.2, 0.25) is 0 Å². The van der Waals surface area contributed by atoms with Crippen molar-refractivity contribution in [3.8, 4) is 0 Å². The number of hydrogen-bond acceptors (Lipinski definition) is 0. The van der Waals surface area contributed by atoms with Gasteiger partial charge in [-0.2, -0.15) is 0 Å². The van der Waals surface area contributed by atoms with Gasteiger partial charge in [0, 0.05) is 0 Å². The Balaban J connectivity index is 6.03. The molecule has 0 saturated heterocycles. The molecule has 0 atom stereocenters. The Hall–Kier alpha value is 0.860. The first-order chi connectivity index (χ1) is 10.1. The van der Waals surface area contributed by atoms with Crippen LogP contribution >= 0.6 is 12.6 Å². The van der Waals surface area contributed by atoms with Crippen molar-refractivity contribution < 1.29 is 0 Å². The summed E-state index contributed by atoms with van der Waals surface area (Å²) in [6.07, 6.45) is 14.7. The molecule has 0 nitrogen and oxygen atoms in total. The van der Waals surface area contributed by atoms with Crippen LogP contribution in [0, 0.1) is 0 Å². The van der Waals surface area contributed by atoms with Crippen molar-refractivity contribution >= 4 is 12.6 Å². The summed E-state index contributed by atoms with van der Waals surface area (Å²) in [5.41, 5.74) is 0. The molecule has 0 rings (SSSR count). The molecule has 0 bridgehead atoms. The van der Waals surface area contributed by atoms with Crippen LogP contribution in [-0.4, -0.2) is 51.3 Å². The minimum absolute atomic E-state index is 1.38. The van der Waals surface area contributed by atoms with E-state index < -0.39 is 12.6 Å². The van der Waals surface area contributed by atoms with Crippen LogP contribution in [0.15, 0.2) is 0 Å². The summed E-state index contributed by atoms with van der Waals surface area (Å²) in [7, 11) is 0. The molecule has 0 radical (unpaired) electrons. The predicted molar refractivity (Wildman–Crippen MR) is 117 cm³/mol. The molecule has 0 aromatic heterocycles. The topological polar surface area (TPSA) is 0 Å². The first kappa shape index (κ1) is 22.9. The van der Waals surface area contributed by atoms with Crippen LogP contribution in [0.2, 0.25) is 0 Å². The summed E-state index contributed by atoms with van der Waals surface area (Å²) >= 11 is 0. The van der Waals surface area contributed by atoms with Gasteiger partial charge in [0.25, 0.3) is 0 Å². The van der Waals surface area contributed by atoms with Crippen LogP contribution in [0.3, 0.4) is 0 Å². The van der Waals surface area contributed by atoms with E-state index in [0.717, 1.165) is 0 Å². The fourth-order valence-corrected chi connectivity index (χ4v) is 24.9. The normalized spacial score (nSPS) is 16.7. The third kappa shape index (κ3) is 4.93. The third-order valence-electron chi connectivity index (χ3n) is 6.61. The van der Waals surface area contributed by atoms with Crippen LogP contribution < -0.4 is 0 Å². The van der Waals surface area contributed by atoms with E-state index in [2.05, 4.69) is 54.4 Å². The summed E-state index contributed by atoms with van der Waals surface area (Å²) < 4.78 is 0. The fourth-order valence-electron chi connectivity index (χ4n) is 4.53. The van der Waals surface area contributed by atoms with Gasteiger partial charge in [-0.3, -0.25) is 0 Å². The van der Waals surface area contributed by atoms with E-state index in [4.69, 9.17) is 0 Å². The van der Waals surface area contributed by atoms with Gasteiger partial charge in [-0.25, -0.2) is 0 Å². The Morgan fingerprint density at radius 1 is 0.455 bits per heavy atom. The molecule has 0 aliphatic rings. The molecule has 138 valence electrons. The molecule has 22 heavy (non-hydrogen) atoms. The Kier molecular flexibility index (Phi) is 9.15. The molecule has 0 spiro atoms. The molecular formula is C20H48P2. The van der Waals surface area contributed by atoms with Gasteiger partial charge in [0.1, 0.15) is 0 Å². The molecule has 0 heterocycles. The van der Waals surface area contributed by atoms with Gasteiger partial charge in [-0.1, -0.05) is 0 Å². The van der Waals surface area contributed by atoms with Crippen molar-refractivity contribution in [2.75, 3.05) is 51.3 Å². The third-order valence-corrected chi connectivity index (χ3v) is 33.0. The van der Waals surface area contributed by atoms with E-state index in [1.165, 1.54) is 51.4 Å². The molecular weight excluding hydrogens is 302 g/mol. The van der Waals surface area contributed by atoms with Crippen LogP contribution in [0.4, 0.5) is 0 Å². The van der Waals surface area contributed by atoms with Gasteiger partial charge in [0.05, 0.1) is 0 Å². The van der Waals surface area contributed by atoms with E-state index in [1.807, 2.05) is 0 Å². The van der Waals surface area contributed by atoms with E-state index in [9.17, 15) is 0 Å². The molecule has 0 unspecified atom stereocenters. The maximum atomic E-state index is 2.75. The standard InChI is InChI=1S/C20H48P2/c1-9-13-17-22(18-14-10-2,19-15-11-3,20-16-12-4)21(5,6,7)8/h9-20H2,1-8H3. The molecule has 0 N–H and O–H groups in total. The zero-order chi connectivity index (χ0) is 17.4. The summed E-state index contributed by atoms with van der Waals surface area (Å²) in [6.45, 7) is 20.6. The molecule has 0 fully saturated rings. The maximum absolute atomic E-state index is 2.75. The van der Waals surface area contributed by atoms with E-state index >= 15 is 0 Å². The minimum atomic E-state index is -1.62. The van der Waals surface area contributed by atoms with Crippen LogP contribution in [-0.2, 0) is 0 Å². The first-order valence-electron chi connectivity index (χ1n) is 10.1. The molecule has 0 aromatic rings. The van der Waals surface area contributed by atoms with Crippen molar-refractivity contribution in [2.45, 2.75) is 79.1 Å². The second-order valence-corrected chi connectivity index (χ2v) is 30.5. The molecule has 0 aromatic carbocycles. The van der Waals surface area contributed by atoms with Crippen molar-refractivity contribution in [1.82, 2.24) is 0 Å². The second-order valence-electron chi connectivity index (χ2n) is 9.70. The van der Waals surface area contributed by atoms with E-state index in [-0.39, 0.29) is 0 Å². The zero-order valence-electron chi connectivity index (χ0n) is 17.4. The quantitative estimate of drug-likeness (QED) is 0.298. The van der Waals surface area contributed by atoms with Crippen molar-refractivity contribution in [2.24, 2.45) is 0 Å². The predicted octanol–water partition coefficient (Wildman–Crippen LogP) is 7.73.